The summed E-state index contributed by atoms with van der Waals surface area (Å²) in [6, 6.07) is 11.3. The Labute approximate surface area is 192 Å². The van der Waals surface area contributed by atoms with Crippen LogP contribution in [0.5, 0.6) is 5.75 Å². The van der Waals surface area contributed by atoms with Crippen LogP contribution in [0.25, 0.3) is 0 Å². The molecule has 9 heteroatoms. The van der Waals surface area contributed by atoms with Crippen LogP contribution in [-0.4, -0.2) is 53.9 Å². The van der Waals surface area contributed by atoms with Crippen molar-refractivity contribution in [1.82, 2.24) is 20.8 Å². The molecular weight excluding hydrogens is 428 g/mol. The van der Waals surface area contributed by atoms with Crippen LogP contribution in [0, 0.1) is 11.3 Å². The summed E-state index contributed by atoms with van der Waals surface area (Å²) in [6.07, 6.45) is 3.37. The molecule has 1 saturated heterocycles. The zero-order valence-electron chi connectivity index (χ0n) is 18.1. The molecule has 168 valence electrons. The number of halogens is 1. The highest BCUT2D eigenvalue weighted by molar-refractivity contribution is 6.31. The largest absolute Gasteiger partial charge is 0.490 e. The van der Waals surface area contributed by atoms with Crippen LogP contribution in [-0.2, 0) is 0 Å². The summed E-state index contributed by atoms with van der Waals surface area (Å²) in [5.41, 5.74) is 0.770. The van der Waals surface area contributed by atoms with Gasteiger partial charge in [-0.3, -0.25) is 4.79 Å². The maximum atomic E-state index is 12.6. The molecule has 0 spiro atoms. The average Bonchev–Trinajstić information content (AvgIpc) is 2.80. The van der Waals surface area contributed by atoms with E-state index in [0.717, 1.165) is 51.1 Å². The van der Waals surface area contributed by atoms with Gasteiger partial charge < -0.3 is 20.3 Å². The second-order valence-corrected chi connectivity index (χ2v) is 8.80. The minimum atomic E-state index is -0.194. The molecule has 1 saturated carbocycles. The predicted molar refractivity (Wildman–Crippen MR) is 122 cm³/mol. The van der Waals surface area contributed by atoms with Gasteiger partial charge in [-0.2, -0.15) is 5.26 Å². The summed E-state index contributed by atoms with van der Waals surface area (Å²) in [5.74, 6) is 1.27. The third-order valence-corrected chi connectivity index (χ3v) is 6.26. The molecule has 2 heterocycles. The summed E-state index contributed by atoms with van der Waals surface area (Å²) in [5, 5.41) is 24.3. The SMILES string of the molecule is C[C@@H]1CN(c2ccc(C(=O)N[C@H]3CC[C@H](Oc4ccc(C#N)c(Cl)c4)CC3)nn2)CCN1. The van der Waals surface area contributed by atoms with E-state index in [2.05, 4.69) is 32.7 Å². The average molecular weight is 455 g/mol. The van der Waals surface area contributed by atoms with Crippen LogP contribution in [0.3, 0.4) is 0 Å². The Kier molecular flexibility index (Phi) is 7.08. The van der Waals surface area contributed by atoms with Crippen molar-refractivity contribution in [1.29, 1.82) is 5.26 Å². The fourth-order valence-corrected chi connectivity index (χ4v) is 4.40. The van der Waals surface area contributed by atoms with Gasteiger partial charge >= 0.3 is 0 Å². The smallest absolute Gasteiger partial charge is 0.272 e. The number of anilines is 1. The lowest BCUT2D eigenvalue weighted by molar-refractivity contribution is 0.0888. The fourth-order valence-electron chi connectivity index (χ4n) is 4.19. The monoisotopic (exact) mass is 454 g/mol. The third-order valence-electron chi connectivity index (χ3n) is 5.95. The van der Waals surface area contributed by atoms with E-state index in [4.69, 9.17) is 21.6 Å². The molecule has 1 aliphatic carbocycles. The number of carbonyl (C=O) groups excluding carboxylic acids is 1. The fraction of sp³-hybridized carbons (Fsp3) is 0.478. The van der Waals surface area contributed by atoms with E-state index in [9.17, 15) is 4.79 Å². The molecule has 1 aromatic carbocycles. The van der Waals surface area contributed by atoms with Crippen molar-refractivity contribution in [3.05, 3.63) is 46.6 Å². The molecule has 2 aromatic rings. The zero-order chi connectivity index (χ0) is 22.5. The van der Waals surface area contributed by atoms with Crippen molar-refractivity contribution in [3.8, 4) is 11.8 Å². The van der Waals surface area contributed by atoms with Crippen LogP contribution in [0.15, 0.2) is 30.3 Å². The van der Waals surface area contributed by atoms with Crippen molar-refractivity contribution in [2.24, 2.45) is 0 Å². The molecule has 1 atom stereocenters. The Morgan fingerprint density at radius 2 is 2.06 bits per heavy atom. The number of piperazine rings is 1. The minimum absolute atomic E-state index is 0.0626. The molecule has 1 amide bonds. The molecule has 1 aliphatic heterocycles. The Morgan fingerprint density at radius 1 is 1.25 bits per heavy atom. The number of hydrogen-bond donors (Lipinski definition) is 2. The third kappa shape index (κ3) is 5.47. The number of nitrogens with one attached hydrogen (secondary N) is 2. The van der Waals surface area contributed by atoms with Crippen LogP contribution in [0.4, 0.5) is 5.82 Å². The van der Waals surface area contributed by atoms with E-state index in [-0.39, 0.29) is 18.1 Å². The number of carbonyl (C=O) groups is 1. The molecule has 4 rings (SSSR count). The normalized spacial score (nSPS) is 23.3. The number of nitriles is 1. The van der Waals surface area contributed by atoms with Crippen molar-refractivity contribution < 1.29 is 9.53 Å². The molecule has 8 nitrogen and oxygen atoms in total. The highest BCUT2D eigenvalue weighted by Gasteiger charge is 2.25. The predicted octanol–water partition coefficient (Wildman–Crippen LogP) is 2.92. The van der Waals surface area contributed by atoms with Crippen molar-refractivity contribution in [3.63, 3.8) is 0 Å². The van der Waals surface area contributed by atoms with Crippen LogP contribution in [0.1, 0.15) is 48.7 Å². The van der Waals surface area contributed by atoms with Crippen molar-refractivity contribution in [2.45, 2.75) is 50.8 Å². The van der Waals surface area contributed by atoms with Gasteiger partial charge in [-0.1, -0.05) is 11.6 Å². The molecule has 0 bridgehead atoms. The Balaban J connectivity index is 1.25. The van der Waals surface area contributed by atoms with E-state index in [1.54, 1.807) is 24.3 Å². The molecule has 0 radical (unpaired) electrons. The first-order valence-electron chi connectivity index (χ1n) is 11.0. The van der Waals surface area contributed by atoms with E-state index in [1.165, 1.54) is 0 Å². The number of nitrogens with zero attached hydrogens (tertiary/aromatic N) is 4. The number of rotatable bonds is 5. The number of ether oxygens (including phenoxy) is 1. The zero-order valence-corrected chi connectivity index (χ0v) is 18.8. The minimum Gasteiger partial charge on any atom is -0.490 e. The van der Waals surface area contributed by atoms with Gasteiger partial charge in [-0.15, -0.1) is 10.2 Å². The van der Waals surface area contributed by atoms with Crippen LogP contribution >= 0.6 is 11.6 Å². The van der Waals surface area contributed by atoms with Gasteiger partial charge in [-0.05, 0) is 56.9 Å². The van der Waals surface area contributed by atoms with Gasteiger partial charge in [-0.25, -0.2) is 0 Å². The molecular formula is C23H27ClN6O2. The summed E-state index contributed by atoms with van der Waals surface area (Å²) >= 11 is 6.08. The topological polar surface area (TPSA) is 103 Å². The Morgan fingerprint density at radius 3 is 2.72 bits per heavy atom. The number of aromatic nitrogens is 2. The molecule has 32 heavy (non-hydrogen) atoms. The first-order valence-corrected chi connectivity index (χ1v) is 11.4. The van der Waals surface area contributed by atoms with E-state index < -0.39 is 0 Å². The molecule has 2 N–H and O–H groups in total. The molecule has 2 aliphatic rings. The van der Waals surface area contributed by atoms with Gasteiger partial charge in [0.2, 0.25) is 0 Å². The van der Waals surface area contributed by atoms with Crippen LogP contribution in [0.2, 0.25) is 5.02 Å². The van der Waals surface area contributed by atoms with Gasteiger partial charge in [0.15, 0.2) is 11.5 Å². The lowest BCUT2D eigenvalue weighted by atomic mass is 9.93. The summed E-state index contributed by atoms with van der Waals surface area (Å²) in [6.45, 7) is 4.81. The second kappa shape index (κ2) is 10.2. The van der Waals surface area contributed by atoms with Gasteiger partial charge in [0.05, 0.1) is 16.7 Å². The summed E-state index contributed by atoms with van der Waals surface area (Å²) in [4.78, 5) is 14.8. The number of hydrogen-bond acceptors (Lipinski definition) is 7. The van der Waals surface area contributed by atoms with Gasteiger partial charge in [0.25, 0.3) is 5.91 Å². The second-order valence-electron chi connectivity index (χ2n) is 8.40. The quantitative estimate of drug-likeness (QED) is 0.715. The van der Waals surface area contributed by atoms with Crippen molar-refractivity contribution in [2.75, 3.05) is 24.5 Å². The number of amides is 1. The van der Waals surface area contributed by atoms with E-state index in [1.807, 2.05) is 12.1 Å². The maximum Gasteiger partial charge on any atom is 0.272 e. The highest BCUT2D eigenvalue weighted by Crippen LogP contribution is 2.27. The standard InChI is InChI=1S/C23H27ClN6O2/c1-15-14-30(11-10-26-15)22-9-8-21(28-29-22)23(31)27-17-3-6-18(7-4-17)32-19-5-2-16(13-25)20(24)12-19/h2,5,8-9,12,15,17-18,26H,3-4,6-7,10-11,14H2,1H3,(H,27,31)/t15-,17-,18-/m1/s1. The Hall–Kier alpha value is -2.89. The lowest BCUT2D eigenvalue weighted by Gasteiger charge is -2.32. The number of benzene rings is 1. The maximum absolute atomic E-state index is 12.6. The molecule has 0 unspecified atom stereocenters. The van der Waals surface area contributed by atoms with E-state index in [0.29, 0.717) is 28.1 Å². The Bertz CT molecular complexity index is 985. The molecule has 1 aromatic heterocycles. The lowest BCUT2D eigenvalue weighted by Crippen LogP contribution is -2.49. The highest BCUT2D eigenvalue weighted by atomic mass is 35.5. The first-order chi connectivity index (χ1) is 15.5. The molecule has 2 fully saturated rings. The summed E-state index contributed by atoms with van der Waals surface area (Å²) in [7, 11) is 0. The van der Waals surface area contributed by atoms with Gasteiger partial charge in [0.1, 0.15) is 11.8 Å². The van der Waals surface area contributed by atoms with E-state index >= 15 is 0 Å². The van der Waals surface area contributed by atoms with Crippen LogP contribution < -0.4 is 20.3 Å². The summed E-state index contributed by atoms with van der Waals surface area (Å²) < 4.78 is 6.01. The van der Waals surface area contributed by atoms with Gasteiger partial charge in [0, 0.05) is 37.8 Å². The van der Waals surface area contributed by atoms with Crippen molar-refractivity contribution >= 4 is 23.3 Å². The first kappa shape index (κ1) is 22.3.